The zero-order valence-corrected chi connectivity index (χ0v) is 13.5. The molecule has 1 unspecified atom stereocenters. The molecular weight excluding hydrogens is 330 g/mol. The number of thioether (sulfide) groups is 2. The first-order valence-electron chi connectivity index (χ1n) is 5.90. The van der Waals surface area contributed by atoms with Gasteiger partial charge in [0.15, 0.2) is 0 Å². The number of halogens is 1. The fraction of sp³-hybridized carbons (Fsp3) is 0.462. The Morgan fingerprint density at radius 1 is 1.44 bits per heavy atom. The van der Waals surface area contributed by atoms with Crippen molar-refractivity contribution in [1.82, 2.24) is 5.32 Å². The van der Waals surface area contributed by atoms with E-state index < -0.39 is 0 Å². The summed E-state index contributed by atoms with van der Waals surface area (Å²) in [7, 11) is 0. The Balaban J connectivity index is 1.90. The van der Waals surface area contributed by atoms with Crippen LogP contribution in [0.4, 0.5) is 0 Å². The number of hydrogen-bond donors (Lipinski definition) is 1. The van der Waals surface area contributed by atoms with Crippen molar-refractivity contribution < 1.29 is 4.79 Å². The van der Waals surface area contributed by atoms with E-state index in [0.29, 0.717) is 5.25 Å². The fourth-order valence-corrected chi connectivity index (χ4v) is 5.05. The van der Waals surface area contributed by atoms with E-state index in [2.05, 4.69) is 21.2 Å². The fourth-order valence-electron chi connectivity index (χ4n) is 1.83. The zero-order valence-electron chi connectivity index (χ0n) is 10.2. The van der Waals surface area contributed by atoms with Crippen LogP contribution in [0.25, 0.3) is 0 Å². The molecule has 0 spiro atoms. The molecule has 2 nitrogen and oxygen atoms in total. The lowest BCUT2D eigenvalue weighted by Gasteiger charge is -2.21. The van der Waals surface area contributed by atoms with Gasteiger partial charge in [-0.05, 0) is 30.7 Å². The summed E-state index contributed by atoms with van der Waals surface area (Å²) in [6.07, 6.45) is 0. The second-order valence-electron chi connectivity index (χ2n) is 4.29. The molecular formula is C13H16BrNOS2. The van der Waals surface area contributed by atoms with E-state index in [1.54, 1.807) is 0 Å². The van der Waals surface area contributed by atoms with Gasteiger partial charge in [-0.3, -0.25) is 4.79 Å². The lowest BCUT2D eigenvalue weighted by molar-refractivity contribution is 0.0954. The Morgan fingerprint density at radius 3 is 2.94 bits per heavy atom. The van der Waals surface area contributed by atoms with Crippen molar-refractivity contribution in [3.8, 4) is 0 Å². The first-order valence-corrected chi connectivity index (χ1v) is 8.89. The summed E-state index contributed by atoms with van der Waals surface area (Å²) < 4.78 is 0.954. The van der Waals surface area contributed by atoms with Gasteiger partial charge in [0.25, 0.3) is 5.91 Å². The van der Waals surface area contributed by atoms with Gasteiger partial charge in [-0.15, -0.1) is 0 Å². The molecule has 1 aromatic carbocycles. The quantitative estimate of drug-likeness (QED) is 0.910. The molecule has 1 atom stereocenters. The number of hydrogen-bond acceptors (Lipinski definition) is 3. The number of benzene rings is 1. The summed E-state index contributed by atoms with van der Waals surface area (Å²) in [4.78, 5) is 12.0. The van der Waals surface area contributed by atoms with E-state index in [1.807, 2.05) is 48.6 Å². The molecule has 0 saturated carbocycles. The molecule has 1 fully saturated rings. The van der Waals surface area contributed by atoms with Crippen LogP contribution in [0.2, 0.25) is 0 Å². The summed E-state index contributed by atoms with van der Waals surface area (Å²) in [5, 5.41) is 3.59. The average Bonchev–Trinajstić information content (AvgIpc) is 2.36. The van der Waals surface area contributed by atoms with E-state index >= 15 is 0 Å². The highest BCUT2D eigenvalue weighted by Gasteiger charge is 2.15. The maximum Gasteiger partial charge on any atom is 0.251 e. The molecule has 2 rings (SSSR count). The molecule has 0 aliphatic carbocycles. The second kappa shape index (κ2) is 6.87. The highest BCUT2D eigenvalue weighted by Crippen LogP contribution is 2.23. The van der Waals surface area contributed by atoms with Crippen molar-refractivity contribution in [3.05, 3.63) is 33.8 Å². The van der Waals surface area contributed by atoms with E-state index in [9.17, 15) is 4.79 Å². The molecule has 1 aromatic rings. The Labute approximate surface area is 125 Å². The van der Waals surface area contributed by atoms with E-state index in [0.717, 1.165) is 27.9 Å². The van der Waals surface area contributed by atoms with Crippen molar-refractivity contribution >= 4 is 45.4 Å². The Bertz CT molecular complexity index is 413. The van der Waals surface area contributed by atoms with Crippen molar-refractivity contribution in [1.29, 1.82) is 0 Å². The van der Waals surface area contributed by atoms with Crippen LogP contribution >= 0.6 is 39.5 Å². The predicted molar refractivity (Wildman–Crippen MR) is 84.8 cm³/mol. The lowest BCUT2D eigenvalue weighted by atomic mass is 10.1. The average molecular weight is 346 g/mol. The number of carbonyl (C=O) groups is 1. The normalized spacial score (nSPS) is 19.6. The van der Waals surface area contributed by atoms with Crippen LogP contribution in [-0.4, -0.2) is 35.0 Å². The molecule has 0 radical (unpaired) electrons. The van der Waals surface area contributed by atoms with Gasteiger partial charge in [0.05, 0.1) is 0 Å². The summed E-state index contributed by atoms with van der Waals surface area (Å²) in [5.41, 5.74) is 1.83. The van der Waals surface area contributed by atoms with Gasteiger partial charge in [-0.25, -0.2) is 0 Å². The minimum atomic E-state index is 0.0237. The standard InChI is InChI=1S/C13H16BrNOS2/c1-9-4-10(6-11(14)5-9)13(16)15-7-12-8-17-2-3-18-12/h4-6,12H,2-3,7-8H2,1H3,(H,15,16). The van der Waals surface area contributed by atoms with Crippen LogP contribution in [0, 0.1) is 6.92 Å². The largest absolute Gasteiger partial charge is 0.351 e. The van der Waals surface area contributed by atoms with E-state index in [1.165, 1.54) is 11.5 Å². The molecule has 98 valence electrons. The molecule has 1 aliphatic rings. The number of rotatable bonds is 3. The summed E-state index contributed by atoms with van der Waals surface area (Å²) in [6, 6.07) is 5.79. The van der Waals surface area contributed by atoms with Crippen LogP contribution in [0.5, 0.6) is 0 Å². The molecule has 18 heavy (non-hydrogen) atoms. The third-order valence-corrected chi connectivity index (χ3v) is 5.98. The Morgan fingerprint density at radius 2 is 2.28 bits per heavy atom. The third kappa shape index (κ3) is 4.21. The van der Waals surface area contributed by atoms with Crippen LogP contribution in [0.15, 0.2) is 22.7 Å². The molecule has 1 N–H and O–H groups in total. The molecule has 0 aromatic heterocycles. The maximum atomic E-state index is 12.0. The molecule has 5 heteroatoms. The van der Waals surface area contributed by atoms with Crippen LogP contribution in [0.1, 0.15) is 15.9 Å². The first kappa shape index (κ1) is 14.3. The third-order valence-electron chi connectivity index (χ3n) is 2.68. The summed E-state index contributed by atoms with van der Waals surface area (Å²) >= 11 is 7.36. The minimum Gasteiger partial charge on any atom is -0.351 e. The minimum absolute atomic E-state index is 0.0237. The lowest BCUT2D eigenvalue weighted by Crippen LogP contribution is -2.33. The van der Waals surface area contributed by atoms with Gasteiger partial charge in [0.1, 0.15) is 0 Å². The van der Waals surface area contributed by atoms with Gasteiger partial charge in [-0.1, -0.05) is 15.9 Å². The first-order chi connectivity index (χ1) is 8.65. The predicted octanol–water partition coefficient (Wildman–Crippen LogP) is 3.34. The number of carbonyl (C=O) groups excluding carboxylic acids is 1. The van der Waals surface area contributed by atoms with Crippen LogP contribution in [-0.2, 0) is 0 Å². The number of amides is 1. The van der Waals surface area contributed by atoms with E-state index in [4.69, 9.17) is 0 Å². The number of nitrogens with one attached hydrogen (secondary N) is 1. The topological polar surface area (TPSA) is 29.1 Å². The van der Waals surface area contributed by atoms with Crippen molar-refractivity contribution in [3.63, 3.8) is 0 Å². The molecule has 0 bridgehead atoms. The SMILES string of the molecule is Cc1cc(Br)cc(C(=O)NCC2CSCCS2)c1. The smallest absolute Gasteiger partial charge is 0.251 e. The summed E-state index contributed by atoms with van der Waals surface area (Å²) in [5.74, 6) is 3.60. The van der Waals surface area contributed by atoms with Gasteiger partial charge in [0.2, 0.25) is 0 Å². The molecule has 1 saturated heterocycles. The maximum absolute atomic E-state index is 12.0. The van der Waals surface area contributed by atoms with Gasteiger partial charge in [0, 0.05) is 39.1 Å². The monoisotopic (exact) mass is 345 g/mol. The van der Waals surface area contributed by atoms with E-state index in [-0.39, 0.29) is 5.91 Å². The Hall–Kier alpha value is -0.130. The highest BCUT2D eigenvalue weighted by atomic mass is 79.9. The molecule has 1 aliphatic heterocycles. The van der Waals surface area contributed by atoms with Crippen LogP contribution < -0.4 is 5.32 Å². The number of aryl methyl sites for hydroxylation is 1. The van der Waals surface area contributed by atoms with Crippen molar-refractivity contribution in [2.24, 2.45) is 0 Å². The highest BCUT2D eigenvalue weighted by molar-refractivity contribution is 9.10. The van der Waals surface area contributed by atoms with Crippen molar-refractivity contribution in [2.75, 3.05) is 23.8 Å². The van der Waals surface area contributed by atoms with Gasteiger partial charge in [-0.2, -0.15) is 23.5 Å². The molecule has 1 amide bonds. The zero-order chi connectivity index (χ0) is 13.0. The second-order valence-corrected chi connectivity index (χ2v) is 7.77. The molecule has 1 heterocycles. The Kier molecular flexibility index (Phi) is 5.45. The van der Waals surface area contributed by atoms with Gasteiger partial charge < -0.3 is 5.32 Å². The van der Waals surface area contributed by atoms with Crippen molar-refractivity contribution in [2.45, 2.75) is 12.2 Å². The van der Waals surface area contributed by atoms with Crippen LogP contribution in [0.3, 0.4) is 0 Å². The summed E-state index contributed by atoms with van der Waals surface area (Å²) in [6.45, 7) is 2.76. The van der Waals surface area contributed by atoms with Gasteiger partial charge >= 0.3 is 0 Å².